The summed E-state index contributed by atoms with van der Waals surface area (Å²) in [6.07, 6.45) is 1.68. The van der Waals surface area contributed by atoms with Crippen molar-refractivity contribution in [3.63, 3.8) is 0 Å². The number of hydrogen-bond donors (Lipinski definition) is 1. The standard InChI is InChI=1S/C20H16O4S/c1-13(21)18-19(22)17(25-20(18)23)11-14-7-9-16(10-8-14)24-12-15-5-3-2-4-6-15/h2-11,22H,12H2,1H3/b17-11-. The van der Waals surface area contributed by atoms with Crippen molar-refractivity contribution in [3.05, 3.63) is 82.0 Å². The van der Waals surface area contributed by atoms with E-state index < -0.39 is 10.9 Å². The molecule has 25 heavy (non-hydrogen) atoms. The molecule has 0 aromatic heterocycles. The Hall–Kier alpha value is -2.79. The van der Waals surface area contributed by atoms with E-state index in [1.54, 1.807) is 6.08 Å². The van der Waals surface area contributed by atoms with Gasteiger partial charge >= 0.3 is 0 Å². The van der Waals surface area contributed by atoms with Crippen LogP contribution in [0.4, 0.5) is 0 Å². The topological polar surface area (TPSA) is 63.6 Å². The number of benzene rings is 2. The summed E-state index contributed by atoms with van der Waals surface area (Å²) >= 11 is 0.863. The third-order valence-electron chi connectivity index (χ3n) is 3.66. The normalized spacial score (nSPS) is 15.7. The maximum atomic E-state index is 11.8. The molecule has 3 rings (SSSR count). The van der Waals surface area contributed by atoms with E-state index in [2.05, 4.69) is 0 Å². The number of ketones is 1. The predicted molar refractivity (Wildman–Crippen MR) is 98.1 cm³/mol. The minimum absolute atomic E-state index is 0.140. The van der Waals surface area contributed by atoms with E-state index in [-0.39, 0.29) is 11.3 Å². The molecular weight excluding hydrogens is 336 g/mol. The van der Waals surface area contributed by atoms with Crippen molar-refractivity contribution in [3.8, 4) is 5.75 Å². The number of Topliss-reactive ketones (excluding diaryl/α,β-unsaturated/α-hetero) is 1. The molecular formula is C20H16O4S. The first-order valence-corrected chi connectivity index (χ1v) is 8.51. The molecule has 0 atom stereocenters. The first-order chi connectivity index (χ1) is 12.0. The van der Waals surface area contributed by atoms with Crippen LogP contribution in [0.5, 0.6) is 5.75 Å². The Kier molecular flexibility index (Phi) is 5.05. The Bertz CT molecular complexity index is 864. The van der Waals surface area contributed by atoms with Crippen molar-refractivity contribution < 1.29 is 19.4 Å². The molecule has 0 bridgehead atoms. The number of carbonyl (C=O) groups excluding carboxylic acids is 2. The first-order valence-electron chi connectivity index (χ1n) is 7.70. The lowest BCUT2D eigenvalue weighted by Crippen LogP contribution is -2.03. The molecule has 0 aliphatic carbocycles. The average molecular weight is 352 g/mol. The van der Waals surface area contributed by atoms with Crippen molar-refractivity contribution in [1.29, 1.82) is 0 Å². The van der Waals surface area contributed by atoms with Gasteiger partial charge < -0.3 is 9.84 Å². The molecule has 0 saturated heterocycles. The molecule has 0 radical (unpaired) electrons. The minimum atomic E-state index is -0.428. The highest BCUT2D eigenvalue weighted by Gasteiger charge is 2.31. The summed E-state index contributed by atoms with van der Waals surface area (Å²) in [7, 11) is 0. The number of aliphatic hydroxyl groups is 1. The second-order valence-corrected chi connectivity index (χ2v) is 6.54. The molecule has 0 unspecified atom stereocenters. The molecule has 4 nitrogen and oxygen atoms in total. The van der Waals surface area contributed by atoms with Crippen LogP contribution in [0.3, 0.4) is 0 Å². The summed E-state index contributed by atoms with van der Waals surface area (Å²) in [5.41, 5.74) is 1.75. The van der Waals surface area contributed by atoms with Gasteiger partial charge in [0.05, 0.1) is 4.91 Å². The molecule has 0 fully saturated rings. The Morgan fingerprint density at radius 3 is 2.40 bits per heavy atom. The van der Waals surface area contributed by atoms with E-state index in [4.69, 9.17) is 4.74 Å². The van der Waals surface area contributed by atoms with Crippen molar-refractivity contribution in [2.75, 3.05) is 0 Å². The monoisotopic (exact) mass is 352 g/mol. The minimum Gasteiger partial charge on any atom is -0.506 e. The zero-order chi connectivity index (χ0) is 17.8. The van der Waals surface area contributed by atoms with Crippen LogP contribution in [-0.2, 0) is 16.2 Å². The van der Waals surface area contributed by atoms with E-state index in [0.29, 0.717) is 11.5 Å². The summed E-state index contributed by atoms with van der Waals surface area (Å²) in [5, 5.41) is 9.62. The molecule has 0 spiro atoms. The van der Waals surface area contributed by atoms with Crippen LogP contribution < -0.4 is 4.74 Å². The van der Waals surface area contributed by atoms with Crippen LogP contribution in [0.1, 0.15) is 18.1 Å². The lowest BCUT2D eigenvalue weighted by Gasteiger charge is -2.06. The number of ether oxygens (including phenoxy) is 1. The average Bonchev–Trinajstić information content (AvgIpc) is 2.89. The molecule has 2 aromatic rings. The molecule has 5 heteroatoms. The molecule has 1 aliphatic rings. The predicted octanol–water partition coefficient (Wildman–Crippen LogP) is 4.28. The zero-order valence-electron chi connectivity index (χ0n) is 13.6. The lowest BCUT2D eigenvalue weighted by molar-refractivity contribution is -0.116. The van der Waals surface area contributed by atoms with E-state index in [1.165, 1.54) is 6.92 Å². The van der Waals surface area contributed by atoms with E-state index in [9.17, 15) is 14.7 Å². The van der Waals surface area contributed by atoms with E-state index in [1.807, 2.05) is 54.6 Å². The van der Waals surface area contributed by atoms with Gasteiger partial charge in [-0.2, -0.15) is 0 Å². The second-order valence-electron chi connectivity index (χ2n) is 5.52. The largest absolute Gasteiger partial charge is 0.506 e. The first kappa shape index (κ1) is 17.0. The van der Waals surface area contributed by atoms with Crippen LogP contribution >= 0.6 is 11.8 Å². The van der Waals surface area contributed by atoms with Crippen LogP contribution in [0.15, 0.2) is 70.8 Å². The number of aliphatic hydroxyl groups excluding tert-OH is 1. The van der Waals surface area contributed by atoms with Crippen LogP contribution in [0, 0.1) is 0 Å². The maximum Gasteiger partial charge on any atom is 0.231 e. The molecule has 1 heterocycles. The number of hydrogen-bond acceptors (Lipinski definition) is 5. The zero-order valence-corrected chi connectivity index (χ0v) is 14.4. The number of thioether (sulfide) groups is 1. The summed E-state index contributed by atoms with van der Waals surface area (Å²) in [4.78, 5) is 23.5. The van der Waals surface area contributed by atoms with Gasteiger partial charge in [0.25, 0.3) is 0 Å². The van der Waals surface area contributed by atoms with Gasteiger partial charge in [-0.1, -0.05) is 42.5 Å². The van der Waals surface area contributed by atoms with E-state index >= 15 is 0 Å². The van der Waals surface area contributed by atoms with Crippen molar-refractivity contribution in [2.24, 2.45) is 0 Å². The maximum absolute atomic E-state index is 11.8. The molecule has 0 amide bonds. The summed E-state index contributed by atoms with van der Waals surface area (Å²) in [5.74, 6) is 0.0558. The Balaban J connectivity index is 1.71. The summed E-state index contributed by atoms with van der Waals surface area (Å²) in [6.45, 7) is 1.75. The number of carbonyl (C=O) groups is 2. The highest BCUT2D eigenvalue weighted by molar-refractivity contribution is 8.18. The van der Waals surface area contributed by atoms with Crippen molar-refractivity contribution in [1.82, 2.24) is 0 Å². The van der Waals surface area contributed by atoms with Crippen molar-refractivity contribution >= 4 is 28.7 Å². The quantitative estimate of drug-likeness (QED) is 0.814. The second kappa shape index (κ2) is 7.40. The molecule has 1 N–H and O–H groups in total. The highest BCUT2D eigenvalue weighted by atomic mass is 32.2. The number of rotatable bonds is 5. The SMILES string of the molecule is CC(=O)C1=C(O)/C(=C/c2ccc(OCc3ccccc3)cc2)SC1=O. The molecule has 2 aromatic carbocycles. The van der Waals surface area contributed by atoms with Crippen LogP contribution in [0.25, 0.3) is 6.08 Å². The summed E-state index contributed by atoms with van der Waals surface area (Å²) in [6, 6.07) is 17.2. The van der Waals surface area contributed by atoms with Gasteiger partial charge in [-0.05, 0) is 48.0 Å². The van der Waals surface area contributed by atoms with E-state index in [0.717, 1.165) is 28.6 Å². The molecule has 126 valence electrons. The summed E-state index contributed by atoms with van der Waals surface area (Å²) < 4.78 is 5.72. The van der Waals surface area contributed by atoms with Gasteiger partial charge in [-0.15, -0.1) is 0 Å². The fourth-order valence-corrected chi connectivity index (χ4v) is 3.32. The van der Waals surface area contributed by atoms with Gasteiger partial charge in [-0.3, -0.25) is 9.59 Å². The Labute approximate surface area is 149 Å². The van der Waals surface area contributed by atoms with Crippen LogP contribution in [0.2, 0.25) is 0 Å². The van der Waals surface area contributed by atoms with Gasteiger partial charge in [0.1, 0.15) is 23.7 Å². The molecule has 1 aliphatic heterocycles. The lowest BCUT2D eigenvalue weighted by atomic mass is 10.1. The highest BCUT2D eigenvalue weighted by Crippen LogP contribution is 2.37. The fourth-order valence-electron chi connectivity index (χ4n) is 2.38. The Morgan fingerprint density at radius 1 is 1.12 bits per heavy atom. The fraction of sp³-hybridized carbons (Fsp3) is 0.100. The molecule has 0 saturated carbocycles. The third kappa shape index (κ3) is 4.00. The van der Waals surface area contributed by atoms with Gasteiger partial charge in [0, 0.05) is 0 Å². The Morgan fingerprint density at radius 2 is 1.80 bits per heavy atom. The smallest absolute Gasteiger partial charge is 0.231 e. The van der Waals surface area contributed by atoms with Gasteiger partial charge in [0.2, 0.25) is 5.12 Å². The van der Waals surface area contributed by atoms with Gasteiger partial charge in [0.15, 0.2) is 5.78 Å². The van der Waals surface area contributed by atoms with Crippen LogP contribution in [-0.4, -0.2) is 16.0 Å². The van der Waals surface area contributed by atoms with Gasteiger partial charge in [-0.25, -0.2) is 0 Å². The van der Waals surface area contributed by atoms with Crippen molar-refractivity contribution in [2.45, 2.75) is 13.5 Å². The third-order valence-corrected chi connectivity index (χ3v) is 4.58.